The van der Waals surface area contributed by atoms with E-state index in [9.17, 15) is 18.3 Å². The molecule has 2 bridgehead atoms. The number of piperazine rings is 1. The number of sulfonamides is 1. The molecule has 0 radical (unpaired) electrons. The number of methoxy groups -OCH3 is 1. The van der Waals surface area contributed by atoms with E-state index in [1.807, 2.05) is 32.2 Å². The first-order valence-electron chi connectivity index (χ1n) is 20.5. The van der Waals surface area contributed by atoms with Crippen LogP contribution in [0.2, 0.25) is 0 Å². The molecule has 1 amide bonds. The van der Waals surface area contributed by atoms with E-state index in [4.69, 9.17) is 25.8 Å². The molecule has 13 heteroatoms. The van der Waals surface area contributed by atoms with E-state index in [0.717, 1.165) is 102 Å². The van der Waals surface area contributed by atoms with Crippen LogP contribution in [0.3, 0.4) is 0 Å². The molecule has 55 heavy (non-hydrogen) atoms. The molecule has 0 aromatic heterocycles. The molecule has 1 aromatic carbocycles. The van der Waals surface area contributed by atoms with Crippen molar-refractivity contribution in [2.45, 2.75) is 75.7 Å². The van der Waals surface area contributed by atoms with Gasteiger partial charge in [0.15, 0.2) is 0 Å². The molecule has 4 aliphatic heterocycles. The van der Waals surface area contributed by atoms with Gasteiger partial charge in [-0.15, -0.1) is 0 Å². The summed E-state index contributed by atoms with van der Waals surface area (Å²) in [4.78, 5) is 21.3. The molecule has 304 valence electrons. The number of nitrogens with one attached hydrogen (secondary N) is 1. The number of amides is 1. The number of fused-ring (bicyclic) bond motifs is 4. The molecule has 6 aliphatic rings. The van der Waals surface area contributed by atoms with Gasteiger partial charge in [-0.05, 0) is 86.5 Å². The van der Waals surface area contributed by atoms with Crippen molar-refractivity contribution in [1.29, 1.82) is 0 Å². The van der Waals surface area contributed by atoms with Gasteiger partial charge in [-0.3, -0.25) is 14.6 Å². The molecule has 4 heterocycles. The van der Waals surface area contributed by atoms with E-state index in [2.05, 4.69) is 50.6 Å². The van der Waals surface area contributed by atoms with Crippen LogP contribution < -0.4 is 14.4 Å². The highest BCUT2D eigenvalue weighted by Gasteiger charge is 2.49. The Hall–Kier alpha value is -2.45. The number of hydrogen-bond donors (Lipinski definition) is 2. The van der Waals surface area contributed by atoms with Gasteiger partial charge in [-0.1, -0.05) is 56.2 Å². The fourth-order valence-corrected chi connectivity index (χ4v) is 11.9. The molecule has 1 aromatic rings. The van der Waals surface area contributed by atoms with Gasteiger partial charge in [0.25, 0.3) is 5.91 Å². The van der Waals surface area contributed by atoms with Crippen LogP contribution in [0.5, 0.6) is 5.75 Å². The number of aliphatic hydroxyl groups excluding tert-OH is 1. The number of allylic oxidation sites excluding steroid dienone is 4. The topological polar surface area (TPSA) is 121 Å². The average Bonchev–Trinajstić information content (AvgIpc) is 3.18. The summed E-state index contributed by atoms with van der Waals surface area (Å²) in [5.41, 5.74) is 0.201. The van der Waals surface area contributed by atoms with Crippen molar-refractivity contribution >= 4 is 33.2 Å². The Morgan fingerprint density at radius 2 is 1.95 bits per heavy atom. The van der Waals surface area contributed by atoms with E-state index < -0.39 is 26.8 Å². The summed E-state index contributed by atoms with van der Waals surface area (Å²) >= 11 is 6.51. The van der Waals surface area contributed by atoms with Crippen molar-refractivity contribution < 1.29 is 32.5 Å². The monoisotopic (exact) mass is 800 g/mol. The molecule has 2 N–H and O–H groups in total. The second-order valence-corrected chi connectivity index (χ2v) is 19.5. The number of nitrogens with zero attached hydrogens (tertiary/aromatic N) is 3. The number of benzene rings is 1. The number of halogens is 1. The predicted octanol–water partition coefficient (Wildman–Crippen LogP) is 5.21. The highest BCUT2D eigenvalue weighted by Crippen LogP contribution is 2.47. The van der Waals surface area contributed by atoms with E-state index in [1.165, 1.54) is 0 Å². The molecule has 3 fully saturated rings. The Morgan fingerprint density at radius 1 is 1.09 bits per heavy atom. The Labute approximate surface area is 333 Å². The fraction of sp³-hybridized carbons (Fsp3) is 0.690. The summed E-state index contributed by atoms with van der Waals surface area (Å²) < 4.78 is 49.5. The number of rotatable bonds is 5. The van der Waals surface area contributed by atoms with Crippen molar-refractivity contribution in [2.24, 2.45) is 29.1 Å². The van der Waals surface area contributed by atoms with Crippen LogP contribution in [0.15, 0.2) is 53.6 Å². The number of carbonyl (C=O) groups is 1. The first kappa shape index (κ1) is 40.7. The van der Waals surface area contributed by atoms with Gasteiger partial charge >= 0.3 is 0 Å². The first-order chi connectivity index (χ1) is 26.4. The van der Waals surface area contributed by atoms with Gasteiger partial charge in [-0.2, -0.15) is 0 Å². The Kier molecular flexibility index (Phi) is 12.7. The third-order valence-electron chi connectivity index (χ3n) is 13.6. The molecular formula is C42H61ClN4O7S. The largest absolute Gasteiger partial charge is 0.490 e. The number of morpholine rings is 1. The number of ether oxygens (including phenoxy) is 3. The quantitative estimate of drug-likeness (QED) is 0.385. The van der Waals surface area contributed by atoms with Crippen molar-refractivity contribution in [3.05, 3.63) is 59.2 Å². The van der Waals surface area contributed by atoms with E-state index >= 15 is 0 Å². The summed E-state index contributed by atoms with van der Waals surface area (Å²) in [5, 5.41) is 9.77. The van der Waals surface area contributed by atoms with Gasteiger partial charge in [0.05, 0.1) is 30.8 Å². The van der Waals surface area contributed by atoms with Crippen molar-refractivity contribution in [3.63, 3.8) is 0 Å². The Bertz CT molecular complexity index is 1740. The van der Waals surface area contributed by atoms with Gasteiger partial charge in [-0.25, -0.2) is 13.1 Å². The Balaban J connectivity index is 1.26. The molecule has 2 saturated heterocycles. The van der Waals surface area contributed by atoms with Crippen LogP contribution in [0.25, 0.3) is 0 Å². The number of carbonyl (C=O) groups excluding carboxylic acids is 1. The number of hydrogen-bond acceptors (Lipinski definition) is 10. The summed E-state index contributed by atoms with van der Waals surface area (Å²) in [6.07, 6.45) is 16.1. The molecule has 8 atom stereocenters. The average molecular weight is 801 g/mol. The van der Waals surface area contributed by atoms with Crippen LogP contribution in [0.4, 0.5) is 5.69 Å². The zero-order valence-corrected chi connectivity index (χ0v) is 34.4. The maximum atomic E-state index is 13.9. The van der Waals surface area contributed by atoms with Crippen LogP contribution in [-0.4, -0.2) is 125 Å². The number of aliphatic hydroxyl groups is 1. The lowest BCUT2D eigenvalue weighted by molar-refractivity contribution is -0.108. The predicted molar refractivity (Wildman–Crippen MR) is 216 cm³/mol. The highest BCUT2D eigenvalue weighted by atomic mass is 35.5. The molecule has 7 rings (SSSR count). The summed E-state index contributed by atoms with van der Waals surface area (Å²) in [5.74, 6) is 0.395. The third-order valence-corrected chi connectivity index (χ3v) is 15.8. The van der Waals surface area contributed by atoms with E-state index in [0.29, 0.717) is 30.7 Å². The van der Waals surface area contributed by atoms with Crippen LogP contribution in [-0.2, 0) is 19.5 Å². The molecular weight excluding hydrogens is 740 g/mol. The van der Waals surface area contributed by atoms with Crippen LogP contribution in [0, 0.1) is 29.1 Å². The van der Waals surface area contributed by atoms with Crippen LogP contribution in [0.1, 0.15) is 69.2 Å². The molecule has 2 aliphatic carbocycles. The minimum atomic E-state index is -4.14. The second-order valence-electron chi connectivity index (χ2n) is 17.2. The zero-order chi connectivity index (χ0) is 38.8. The SMILES string of the molecule is CO[C@@]1(CN2CCN3CCOC[C@@H]3C2)/C=C/C[C@H](C)[C@@H](CCO)S(=O)(=O)NC(=O)c2ccc3c(c2)N(CCCCC2C=C(Cl)C=CC2(C)CO3)C[C@@H]2CC[C@H]21. The number of anilines is 1. The highest BCUT2D eigenvalue weighted by molar-refractivity contribution is 7.90. The van der Waals surface area contributed by atoms with E-state index in [1.54, 1.807) is 6.07 Å². The summed E-state index contributed by atoms with van der Waals surface area (Å²) in [6.45, 7) is 11.8. The minimum Gasteiger partial charge on any atom is -0.490 e. The maximum Gasteiger partial charge on any atom is 0.264 e. The van der Waals surface area contributed by atoms with Gasteiger partial charge in [0, 0.05) is 81.6 Å². The third kappa shape index (κ3) is 8.86. The second kappa shape index (κ2) is 17.2. The molecule has 0 spiro atoms. The van der Waals surface area contributed by atoms with Crippen molar-refractivity contribution in [3.8, 4) is 5.75 Å². The van der Waals surface area contributed by atoms with Crippen molar-refractivity contribution in [1.82, 2.24) is 14.5 Å². The van der Waals surface area contributed by atoms with Crippen molar-refractivity contribution in [2.75, 3.05) is 84.3 Å². The van der Waals surface area contributed by atoms with E-state index in [-0.39, 0.29) is 41.8 Å². The lowest BCUT2D eigenvalue weighted by atomic mass is 9.63. The zero-order valence-electron chi connectivity index (χ0n) is 32.8. The molecule has 11 nitrogen and oxygen atoms in total. The smallest absolute Gasteiger partial charge is 0.264 e. The first-order valence-corrected chi connectivity index (χ1v) is 22.4. The lowest BCUT2D eigenvalue weighted by Gasteiger charge is -2.53. The molecule has 1 saturated carbocycles. The molecule has 2 unspecified atom stereocenters. The summed E-state index contributed by atoms with van der Waals surface area (Å²) in [7, 11) is -2.32. The van der Waals surface area contributed by atoms with Gasteiger partial charge in [0.2, 0.25) is 10.0 Å². The Morgan fingerprint density at radius 3 is 2.73 bits per heavy atom. The maximum absolute atomic E-state index is 13.9. The lowest BCUT2D eigenvalue weighted by Crippen LogP contribution is -2.62. The normalized spacial score (nSPS) is 36.7. The van der Waals surface area contributed by atoms with Gasteiger partial charge in [0.1, 0.15) is 11.4 Å². The van der Waals surface area contributed by atoms with Crippen LogP contribution >= 0.6 is 11.6 Å². The van der Waals surface area contributed by atoms with Gasteiger partial charge < -0.3 is 24.2 Å². The standard InChI is InChI=1S/C42H61ClN4O7S/c1-30-7-6-15-42(52-3,28-45-18-19-46-20-22-53-27-35(46)26-45)36-11-9-32(36)25-47-17-5-4-8-33-24-34(43)13-16-41(33,2)29-54-38-12-10-31(23-37(38)47)40(49)44-55(50,51)39(30)14-21-48/h6,10,12-13,15-16,23-24,30,32-33,35-36,39,48H,4-5,7-9,11,14,17-22,25-29H2,1-3H3,(H,44,49)/b15-6+/t30-,32-,33?,35-,36+,39+,41?,42+/m0/s1. The fourth-order valence-electron chi connectivity index (χ4n) is 10.0. The minimum absolute atomic E-state index is 0.0197. The summed E-state index contributed by atoms with van der Waals surface area (Å²) in [6, 6.07) is 5.65.